The Morgan fingerprint density at radius 1 is 0.889 bits per heavy atom. The molecular weight excluding hydrogens is 586 g/mol. The number of hydrogen-bond acceptors (Lipinski definition) is 8. The Morgan fingerprint density at radius 3 is 1.96 bits per heavy atom. The van der Waals surface area contributed by atoms with Crippen LogP contribution in [0.2, 0.25) is 0 Å². The topological polar surface area (TPSA) is 94.8 Å². The van der Waals surface area contributed by atoms with E-state index < -0.39 is 5.97 Å². The first-order valence-corrected chi connectivity index (χ1v) is 16.7. The number of aromatic nitrogens is 2. The van der Waals surface area contributed by atoms with E-state index in [9.17, 15) is 9.59 Å². The van der Waals surface area contributed by atoms with Gasteiger partial charge in [0.25, 0.3) is 0 Å². The first-order chi connectivity index (χ1) is 21.8. The molecule has 0 bridgehead atoms. The van der Waals surface area contributed by atoms with Gasteiger partial charge in [-0.1, -0.05) is 86.6 Å². The summed E-state index contributed by atoms with van der Waals surface area (Å²) in [5.41, 5.74) is 3.48. The van der Waals surface area contributed by atoms with Crippen molar-refractivity contribution in [3.63, 3.8) is 0 Å². The third kappa shape index (κ3) is 13.8. The fourth-order valence-corrected chi connectivity index (χ4v) is 5.04. The molecule has 0 fully saturated rings. The van der Waals surface area contributed by atoms with Crippen LogP contribution in [0, 0.1) is 6.92 Å². The third-order valence-electron chi connectivity index (χ3n) is 6.59. The van der Waals surface area contributed by atoms with Crippen molar-refractivity contribution in [2.24, 2.45) is 0 Å². The molecule has 0 aliphatic heterocycles. The monoisotopic (exact) mass is 635 g/mol. The highest BCUT2D eigenvalue weighted by Gasteiger charge is 2.17. The lowest BCUT2D eigenvalue weighted by atomic mass is 9.88. The molecule has 0 radical (unpaired) electrons. The van der Waals surface area contributed by atoms with Gasteiger partial charge >= 0.3 is 5.97 Å². The quantitative estimate of drug-likeness (QED) is 0.101. The molecule has 2 heterocycles. The SMILES string of the molecule is CCCN(CCC(c1ccccc1)c1ccccc1)C(C)=O.CCCOCCC.CCOC(=O)c1cc(-c2csc(C)n2)on1. The van der Waals surface area contributed by atoms with E-state index in [1.165, 1.54) is 28.5 Å². The molecule has 0 spiro atoms. The average molecular weight is 636 g/mol. The van der Waals surface area contributed by atoms with Crippen molar-refractivity contribution in [1.29, 1.82) is 0 Å². The lowest BCUT2D eigenvalue weighted by Gasteiger charge is -2.24. The fourth-order valence-electron chi connectivity index (χ4n) is 4.44. The average Bonchev–Trinajstić information content (AvgIpc) is 3.72. The Kier molecular flexibility index (Phi) is 18.1. The van der Waals surface area contributed by atoms with Gasteiger partial charge in [0.2, 0.25) is 5.91 Å². The highest BCUT2D eigenvalue weighted by molar-refractivity contribution is 7.09. The number of benzene rings is 2. The molecule has 2 aromatic heterocycles. The van der Waals surface area contributed by atoms with Crippen molar-refractivity contribution < 1.29 is 23.6 Å². The van der Waals surface area contributed by atoms with Crippen LogP contribution in [0.3, 0.4) is 0 Å². The minimum Gasteiger partial charge on any atom is -0.461 e. The molecule has 0 aliphatic carbocycles. The largest absolute Gasteiger partial charge is 0.461 e. The number of carbonyl (C=O) groups excluding carboxylic acids is 2. The first kappa shape index (κ1) is 37.4. The first-order valence-electron chi connectivity index (χ1n) is 15.8. The molecule has 0 atom stereocenters. The Morgan fingerprint density at radius 2 is 1.49 bits per heavy atom. The Bertz CT molecular complexity index is 1310. The number of rotatable bonds is 14. The standard InChI is InChI=1S/C20H25NO.C10H10N2O3S.C6H14O/c1-3-15-21(17(2)22)16-14-20(18-10-6-4-7-11-18)19-12-8-5-9-13-19;1-3-14-10(13)7-4-9(15-12-7)8-5-16-6(2)11-8;1-3-5-7-6-4-2/h4-13,20H,3,14-16H2,1-2H3;4-5H,3H2,1-2H3;3-6H2,1-2H3. The number of hydrogen-bond donors (Lipinski definition) is 0. The van der Waals surface area contributed by atoms with Crippen LogP contribution >= 0.6 is 11.3 Å². The summed E-state index contributed by atoms with van der Waals surface area (Å²) in [6, 6.07) is 22.7. The van der Waals surface area contributed by atoms with Gasteiger partial charge < -0.3 is 18.9 Å². The summed E-state index contributed by atoms with van der Waals surface area (Å²) in [6.45, 7) is 15.5. The molecule has 4 aromatic rings. The second-order valence-electron chi connectivity index (χ2n) is 10.3. The summed E-state index contributed by atoms with van der Waals surface area (Å²) in [6.07, 6.45) is 4.23. The molecule has 45 heavy (non-hydrogen) atoms. The fraction of sp³-hybridized carbons (Fsp3) is 0.444. The van der Waals surface area contributed by atoms with E-state index in [0.29, 0.717) is 24.0 Å². The van der Waals surface area contributed by atoms with Crippen LogP contribution in [0.15, 0.2) is 76.6 Å². The summed E-state index contributed by atoms with van der Waals surface area (Å²) in [7, 11) is 0. The maximum atomic E-state index is 11.7. The van der Waals surface area contributed by atoms with Crippen LogP contribution in [-0.4, -0.2) is 59.8 Å². The van der Waals surface area contributed by atoms with E-state index in [4.69, 9.17) is 14.0 Å². The Balaban J connectivity index is 0.000000267. The number of ether oxygens (including phenoxy) is 2. The highest BCUT2D eigenvalue weighted by Crippen LogP contribution is 2.28. The molecule has 8 nitrogen and oxygen atoms in total. The van der Waals surface area contributed by atoms with E-state index in [0.717, 1.165) is 57.0 Å². The van der Waals surface area contributed by atoms with E-state index >= 15 is 0 Å². The summed E-state index contributed by atoms with van der Waals surface area (Å²) in [5.74, 6) is 0.500. The van der Waals surface area contributed by atoms with Gasteiger partial charge in [0.05, 0.1) is 11.6 Å². The zero-order valence-corrected chi connectivity index (χ0v) is 28.5. The summed E-state index contributed by atoms with van der Waals surface area (Å²) < 4.78 is 15.0. The van der Waals surface area contributed by atoms with Gasteiger partial charge in [-0.05, 0) is 50.7 Å². The van der Waals surface area contributed by atoms with Crippen LogP contribution in [0.4, 0.5) is 0 Å². The Hall–Kier alpha value is -3.82. The van der Waals surface area contributed by atoms with Gasteiger partial charge in [0, 0.05) is 50.6 Å². The van der Waals surface area contributed by atoms with Gasteiger partial charge in [-0.25, -0.2) is 9.78 Å². The number of thiazole rings is 1. The lowest BCUT2D eigenvalue weighted by Crippen LogP contribution is -2.31. The molecule has 0 unspecified atom stereocenters. The molecule has 1 amide bonds. The second-order valence-corrected chi connectivity index (χ2v) is 11.4. The maximum absolute atomic E-state index is 11.7. The van der Waals surface area contributed by atoms with E-state index in [1.54, 1.807) is 13.8 Å². The predicted octanol–water partition coefficient (Wildman–Crippen LogP) is 8.57. The zero-order valence-electron chi connectivity index (χ0n) is 27.7. The van der Waals surface area contributed by atoms with E-state index in [1.807, 2.05) is 29.3 Å². The number of nitrogens with zero attached hydrogens (tertiary/aromatic N) is 3. The van der Waals surface area contributed by atoms with Crippen LogP contribution in [0.1, 0.15) is 92.8 Å². The van der Waals surface area contributed by atoms with Crippen molar-refractivity contribution in [2.75, 3.05) is 32.9 Å². The molecule has 2 aromatic carbocycles. The van der Waals surface area contributed by atoms with Crippen molar-refractivity contribution in [3.8, 4) is 11.5 Å². The molecule has 4 rings (SSSR count). The molecule has 244 valence electrons. The van der Waals surface area contributed by atoms with Gasteiger partial charge in [-0.3, -0.25) is 4.79 Å². The van der Waals surface area contributed by atoms with Crippen molar-refractivity contribution in [1.82, 2.24) is 15.0 Å². The van der Waals surface area contributed by atoms with E-state index in [2.05, 4.69) is 79.4 Å². The lowest BCUT2D eigenvalue weighted by molar-refractivity contribution is -0.129. The Labute approximate surface area is 272 Å². The minimum absolute atomic E-state index is 0.168. The zero-order chi connectivity index (χ0) is 32.9. The van der Waals surface area contributed by atoms with Crippen molar-refractivity contribution in [3.05, 3.63) is 93.9 Å². The molecule has 9 heteroatoms. The summed E-state index contributed by atoms with van der Waals surface area (Å²) in [5, 5.41) is 6.42. The normalized spacial score (nSPS) is 10.4. The van der Waals surface area contributed by atoms with Gasteiger partial charge in [0.15, 0.2) is 11.5 Å². The van der Waals surface area contributed by atoms with Crippen LogP contribution in [0.25, 0.3) is 11.5 Å². The number of aryl methyl sites for hydroxylation is 1. The molecular formula is C36H49N3O5S. The predicted molar refractivity (Wildman–Crippen MR) is 182 cm³/mol. The van der Waals surface area contributed by atoms with E-state index in [-0.39, 0.29) is 11.6 Å². The number of esters is 1. The summed E-state index contributed by atoms with van der Waals surface area (Å²) >= 11 is 1.51. The molecule has 0 saturated heterocycles. The molecule has 0 saturated carbocycles. The molecule has 0 N–H and O–H groups in total. The van der Waals surface area contributed by atoms with Crippen LogP contribution < -0.4 is 0 Å². The van der Waals surface area contributed by atoms with Crippen LogP contribution in [-0.2, 0) is 14.3 Å². The maximum Gasteiger partial charge on any atom is 0.360 e. The smallest absolute Gasteiger partial charge is 0.360 e. The highest BCUT2D eigenvalue weighted by atomic mass is 32.1. The molecule has 0 aliphatic rings. The van der Waals surface area contributed by atoms with Crippen molar-refractivity contribution in [2.45, 2.75) is 73.1 Å². The number of carbonyl (C=O) groups is 2. The van der Waals surface area contributed by atoms with Crippen LogP contribution in [0.5, 0.6) is 0 Å². The summed E-state index contributed by atoms with van der Waals surface area (Å²) in [4.78, 5) is 29.3. The van der Waals surface area contributed by atoms with Gasteiger partial charge in [-0.15, -0.1) is 11.3 Å². The third-order valence-corrected chi connectivity index (χ3v) is 7.37. The van der Waals surface area contributed by atoms with Gasteiger partial charge in [-0.2, -0.15) is 0 Å². The van der Waals surface area contributed by atoms with Crippen molar-refractivity contribution >= 4 is 23.2 Å². The minimum atomic E-state index is -0.482. The number of amides is 1. The van der Waals surface area contributed by atoms with Gasteiger partial charge in [0.1, 0.15) is 5.69 Å². The second kappa shape index (κ2) is 21.8.